The maximum Gasteiger partial charge on any atom is 0.253 e. The molecule has 1 saturated heterocycles. The number of rotatable bonds is 3. The van der Waals surface area contributed by atoms with E-state index in [4.69, 9.17) is 4.74 Å². The number of fused-ring (bicyclic) bond motifs is 1. The van der Waals surface area contributed by atoms with Crippen LogP contribution in [0.25, 0.3) is 0 Å². The number of nitrogens with one attached hydrogen (secondary N) is 1. The molecule has 0 aliphatic carbocycles. The first kappa shape index (κ1) is 12.6. The van der Waals surface area contributed by atoms with E-state index < -0.39 is 0 Å². The average molecular weight is 260 g/mol. The lowest BCUT2D eigenvalue weighted by Gasteiger charge is -2.21. The number of carbonyl (C=O) groups excluding carboxylic acids is 1. The molecule has 0 radical (unpaired) electrons. The maximum atomic E-state index is 12.4. The second-order valence-electron chi connectivity index (χ2n) is 5.41. The Morgan fingerprint density at radius 1 is 1.42 bits per heavy atom. The van der Waals surface area contributed by atoms with Gasteiger partial charge in [-0.3, -0.25) is 4.79 Å². The highest BCUT2D eigenvalue weighted by molar-refractivity contribution is 5.94. The van der Waals surface area contributed by atoms with E-state index in [1.165, 1.54) is 11.1 Å². The predicted molar refractivity (Wildman–Crippen MR) is 72.9 cm³/mol. The third-order valence-corrected chi connectivity index (χ3v) is 3.93. The summed E-state index contributed by atoms with van der Waals surface area (Å²) in [5.74, 6) is 0.0881. The zero-order valence-corrected chi connectivity index (χ0v) is 11.3. The van der Waals surface area contributed by atoms with Gasteiger partial charge in [0.25, 0.3) is 5.91 Å². The monoisotopic (exact) mass is 260 g/mol. The van der Waals surface area contributed by atoms with Crippen LogP contribution >= 0.6 is 0 Å². The van der Waals surface area contributed by atoms with Crippen molar-refractivity contribution in [2.45, 2.75) is 32.0 Å². The molecule has 0 saturated carbocycles. The molecular formula is C15H20N2O2. The van der Waals surface area contributed by atoms with Crippen LogP contribution in [0.3, 0.4) is 0 Å². The minimum absolute atomic E-state index is 0.0881. The van der Waals surface area contributed by atoms with Gasteiger partial charge < -0.3 is 15.0 Å². The number of likely N-dealkylation sites (N-methyl/N-ethyl adjacent to an activating group) is 1. The van der Waals surface area contributed by atoms with Crippen molar-refractivity contribution in [1.82, 2.24) is 10.2 Å². The molecule has 2 aliphatic heterocycles. The molecule has 1 N–H and O–H groups in total. The number of ether oxygens (including phenoxy) is 1. The first-order valence-electron chi connectivity index (χ1n) is 6.93. The summed E-state index contributed by atoms with van der Waals surface area (Å²) in [4.78, 5) is 14.2. The molecule has 1 fully saturated rings. The van der Waals surface area contributed by atoms with Gasteiger partial charge in [-0.1, -0.05) is 6.07 Å². The Bertz CT molecular complexity index is 481. The molecule has 0 spiro atoms. The second-order valence-corrected chi connectivity index (χ2v) is 5.41. The SMILES string of the molecule is CN(CC1CCCO1)C(=O)c1ccc2c(c1)CNC2. The lowest BCUT2D eigenvalue weighted by molar-refractivity contribution is 0.0587. The molecule has 4 heteroatoms. The van der Waals surface area contributed by atoms with Crippen molar-refractivity contribution in [1.29, 1.82) is 0 Å². The van der Waals surface area contributed by atoms with Crippen LogP contribution in [0.5, 0.6) is 0 Å². The fourth-order valence-corrected chi connectivity index (χ4v) is 2.82. The van der Waals surface area contributed by atoms with Crippen molar-refractivity contribution in [2.24, 2.45) is 0 Å². The molecule has 102 valence electrons. The topological polar surface area (TPSA) is 41.6 Å². The molecule has 2 aliphatic rings. The van der Waals surface area contributed by atoms with Gasteiger partial charge in [0.05, 0.1) is 6.10 Å². The van der Waals surface area contributed by atoms with Gasteiger partial charge in [0.2, 0.25) is 0 Å². The van der Waals surface area contributed by atoms with Crippen molar-refractivity contribution in [2.75, 3.05) is 20.2 Å². The highest BCUT2D eigenvalue weighted by atomic mass is 16.5. The van der Waals surface area contributed by atoms with E-state index in [1.807, 2.05) is 19.2 Å². The van der Waals surface area contributed by atoms with Crippen LogP contribution in [0.15, 0.2) is 18.2 Å². The molecule has 4 nitrogen and oxygen atoms in total. The van der Waals surface area contributed by atoms with Gasteiger partial charge in [0.15, 0.2) is 0 Å². The molecule has 1 atom stereocenters. The number of hydrogen-bond donors (Lipinski definition) is 1. The van der Waals surface area contributed by atoms with Crippen molar-refractivity contribution in [3.8, 4) is 0 Å². The molecular weight excluding hydrogens is 240 g/mol. The normalized spacial score (nSPS) is 21.4. The van der Waals surface area contributed by atoms with E-state index in [0.29, 0.717) is 6.54 Å². The summed E-state index contributed by atoms with van der Waals surface area (Å²) in [6.07, 6.45) is 2.38. The van der Waals surface area contributed by atoms with Gasteiger partial charge in [0, 0.05) is 38.9 Å². The van der Waals surface area contributed by atoms with Crippen molar-refractivity contribution >= 4 is 5.91 Å². The van der Waals surface area contributed by atoms with Crippen LogP contribution < -0.4 is 5.32 Å². The van der Waals surface area contributed by atoms with Gasteiger partial charge in [-0.2, -0.15) is 0 Å². The number of carbonyl (C=O) groups is 1. The van der Waals surface area contributed by atoms with Crippen LogP contribution in [0.4, 0.5) is 0 Å². The molecule has 1 amide bonds. The number of hydrogen-bond acceptors (Lipinski definition) is 3. The smallest absolute Gasteiger partial charge is 0.253 e. The van der Waals surface area contributed by atoms with Crippen molar-refractivity contribution in [3.63, 3.8) is 0 Å². The van der Waals surface area contributed by atoms with Crippen LogP contribution in [0, 0.1) is 0 Å². The number of nitrogens with zero attached hydrogens (tertiary/aromatic N) is 1. The van der Waals surface area contributed by atoms with E-state index in [2.05, 4.69) is 11.4 Å². The summed E-state index contributed by atoms with van der Waals surface area (Å²) in [6.45, 7) is 3.30. The Balaban J connectivity index is 1.68. The van der Waals surface area contributed by atoms with Gasteiger partial charge in [-0.05, 0) is 36.1 Å². The molecule has 1 aromatic carbocycles. The Morgan fingerprint density at radius 3 is 3.05 bits per heavy atom. The first-order chi connectivity index (χ1) is 9.24. The lowest BCUT2D eigenvalue weighted by Crippen LogP contribution is -2.34. The largest absolute Gasteiger partial charge is 0.376 e. The van der Waals surface area contributed by atoms with Crippen LogP contribution in [0.1, 0.15) is 34.3 Å². The fourth-order valence-electron chi connectivity index (χ4n) is 2.82. The van der Waals surface area contributed by atoms with Gasteiger partial charge in [-0.25, -0.2) is 0 Å². The zero-order valence-electron chi connectivity index (χ0n) is 11.3. The third kappa shape index (κ3) is 2.65. The first-order valence-corrected chi connectivity index (χ1v) is 6.93. The van der Waals surface area contributed by atoms with Gasteiger partial charge >= 0.3 is 0 Å². The van der Waals surface area contributed by atoms with E-state index in [1.54, 1.807) is 4.90 Å². The molecule has 3 rings (SSSR count). The lowest BCUT2D eigenvalue weighted by atomic mass is 10.1. The number of benzene rings is 1. The Labute approximate surface area is 113 Å². The summed E-state index contributed by atoms with van der Waals surface area (Å²) in [5, 5.41) is 3.30. The van der Waals surface area contributed by atoms with Crippen LogP contribution in [-0.2, 0) is 17.8 Å². The maximum absolute atomic E-state index is 12.4. The molecule has 0 bridgehead atoms. The summed E-state index contributed by atoms with van der Waals surface area (Å²) < 4.78 is 5.58. The predicted octanol–water partition coefficient (Wildman–Crippen LogP) is 1.54. The molecule has 0 aromatic heterocycles. The Kier molecular flexibility index (Phi) is 3.53. The molecule has 19 heavy (non-hydrogen) atoms. The van der Waals surface area contributed by atoms with Crippen LogP contribution in [-0.4, -0.2) is 37.1 Å². The van der Waals surface area contributed by atoms with Gasteiger partial charge in [-0.15, -0.1) is 0 Å². The highest BCUT2D eigenvalue weighted by Gasteiger charge is 2.21. The van der Waals surface area contributed by atoms with E-state index >= 15 is 0 Å². The third-order valence-electron chi connectivity index (χ3n) is 3.93. The minimum atomic E-state index is 0.0881. The van der Waals surface area contributed by atoms with Gasteiger partial charge in [0.1, 0.15) is 0 Å². The number of amides is 1. The Morgan fingerprint density at radius 2 is 2.26 bits per heavy atom. The summed E-state index contributed by atoms with van der Waals surface area (Å²) in [7, 11) is 1.86. The van der Waals surface area contributed by atoms with Crippen molar-refractivity contribution in [3.05, 3.63) is 34.9 Å². The molecule has 1 unspecified atom stereocenters. The highest BCUT2D eigenvalue weighted by Crippen LogP contribution is 2.19. The van der Waals surface area contributed by atoms with Crippen molar-refractivity contribution < 1.29 is 9.53 Å². The second kappa shape index (κ2) is 5.31. The quantitative estimate of drug-likeness (QED) is 0.896. The molecule has 1 aromatic rings. The summed E-state index contributed by atoms with van der Waals surface area (Å²) in [6, 6.07) is 6.01. The van der Waals surface area contributed by atoms with E-state index in [9.17, 15) is 4.79 Å². The summed E-state index contributed by atoms with van der Waals surface area (Å²) >= 11 is 0. The fraction of sp³-hybridized carbons (Fsp3) is 0.533. The van der Waals surface area contributed by atoms with E-state index in [-0.39, 0.29) is 12.0 Å². The average Bonchev–Trinajstić information content (AvgIpc) is 3.07. The standard InChI is InChI=1S/C15H20N2O2/c1-17(10-14-3-2-6-19-14)15(18)11-4-5-12-8-16-9-13(12)7-11/h4-5,7,14,16H,2-3,6,8-10H2,1H3. The van der Waals surface area contributed by atoms with E-state index in [0.717, 1.165) is 38.1 Å². The van der Waals surface area contributed by atoms with Crippen LogP contribution in [0.2, 0.25) is 0 Å². The summed E-state index contributed by atoms with van der Waals surface area (Å²) in [5.41, 5.74) is 3.33. The molecule has 2 heterocycles. The minimum Gasteiger partial charge on any atom is -0.376 e. The zero-order chi connectivity index (χ0) is 13.2. The Hall–Kier alpha value is -1.39.